The van der Waals surface area contributed by atoms with Gasteiger partial charge >= 0.3 is 0 Å². The third-order valence-electron chi connectivity index (χ3n) is 4.18. The number of rotatable bonds is 2. The fraction of sp³-hybridized carbons (Fsp3) is 0.692. The van der Waals surface area contributed by atoms with E-state index in [1.807, 2.05) is 4.90 Å². The number of piperidine rings is 1. The van der Waals surface area contributed by atoms with Gasteiger partial charge < -0.3 is 14.1 Å². The van der Waals surface area contributed by atoms with Gasteiger partial charge in [0.25, 0.3) is 5.91 Å². The van der Waals surface area contributed by atoms with Crippen molar-refractivity contribution in [3.05, 3.63) is 17.8 Å². The first kappa shape index (κ1) is 10.6. The molecule has 0 radical (unpaired) electrons. The van der Waals surface area contributed by atoms with Crippen LogP contribution >= 0.6 is 0 Å². The number of oxazole rings is 1. The van der Waals surface area contributed by atoms with Crippen LogP contribution in [0, 0.1) is 0 Å². The third-order valence-corrected chi connectivity index (χ3v) is 4.18. The van der Waals surface area contributed by atoms with Crippen LogP contribution in [-0.2, 0) is 4.74 Å². The molecule has 1 amide bonds. The Labute approximate surface area is 105 Å². The van der Waals surface area contributed by atoms with Crippen molar-refractivity contribution in [3.63, 3.8) is 0 Å². The van der Waals surface area contributed by atoms with Crippen LogP contribution in [0.15, 0.2) is 10.6 Å². The summed E-state index contributed by atoms with van der Waals surface area (Å²) in [6.07, 6.45) is 5.74. The molecule has 0 N–H and O–H groups in total. The summed E-state index contributed by atoms with van der Waals surface area (Å²) in [6, 6.07) is 0. The normalized spacial score (nSPS) is 25.4. The zero-order valence-electron chi connectivity index (χ0n) is 10.2. The summed E-state index contributed by atoms with van der Waals surface area (Å²) in [4.78, 5) is 18.3. The molecule has 0 unspecified atom stereocenters. The molecule has 18 heavy (non-hydrogen) atoms. The van der Waals surface area contributed by atoms with Crippen LogP contribution in [0.2, 0.25) is 0 Å². The average molecular weight is 248 g/mol. The third kappa shape index (κ3) is 1.73. The van der Waals surface area contributed by atoms with Gasteiger partial charge in [-0.25, -0.2) is 4.98 Å². The summed E-state index contributed by atoms with van der Waals surface area (Å²) >= 11 is 0. The maximum absolute atomic E-state index is 12.2. The summed E-state index contributed by atoms with van der Waals surface area (Å²) in [5, 5.41) is 0. The molecule has 3 fully saturated rings. The summed E-state index contributed by atoms with van der Waals surface area (Å²) in [7, 11) is 0. The van der Waals surface area contributed by atoms with E-state index in [1.54, 1.807) is 6.20 Å². The predicted molar refractivity (Wildman–Crippen MR) is 62.3 cm³/mol. The first-order valence-electron chi connectivity index (χ1n) is 6.65. The minimum Gasteiger partial charge on any atom is -0.435 e. The van der Waals surface area contributed by atoms with Gasteiger partial charge in [-0.3, -0.25) is 4.79 Å². The molecule has 1 spiro atoms. The second-order valence-electron chi connectivity index (χ2n) is 5.60. The summed E-state index contributed by atoms with van der Waals surface area (Å²) in [5.41, 5.74) is 0.108. The standard InChI is InChI=1S/C13H16N2O3/c16-12(10-7-14-11(18-10)9-1-2-9)15-5-3-13(4-6-15)8-17-13/h7,9H,1-6,8H2. The van der Waals surface area contributed by atoms with E-state index in [1.165, 1.54) is 0 Å². The molecule has 3 heterocycles. The largest absolute Gasteiger partial charge is 0.435 e. The fourth-order valence-electron chi connectivity index (χ4n) is 2.57. The number of epoxide rings is 1. The Hall–Kier alpha value is -1.36. The van der Waals surface area contributed by atoms with E-state index in [0.717, 1.165) is 51.3 Å². The van der Waals surface area contributed by atoms with Crippen molar-refractivity contribution in [1.82, 2.24) is 9.88 Å². The number of carbonyl (C=O) groups is 1. The van der Waals surface area contributed by atoms with Gasteiger partial charge in [-0.2, -0.15) is 0 Å². The number of amides is 1. The smallest absolute Gasteiger partial charge is 0.291 e. The van der Waals surface area contributed by atoms with E-state index in [2.05, 4.69) is 4.98 Å². The molecule has 2 saturated heterocycles. The van der Waals surface area contributed by atoms with Crippen molar-refractivity contribution < 1.29 is 13.9 Å². The average Bonchev–Trinajstić information content (AvgIpc) is 3.32. The molecule has 5 nitrogen and oxygen atoms in total. The molecule has 2 aliphatic heterocycles. The van der Waals surface area contributed by atoms with Crippen LogP contribution < -0.4 is 0 Å². The fourth-order valence-corrected chi connectivity index (χ4v) is 2.57. The van der Waals surface area contributed by atoms with E-state index in [9.17, 15) is 4.79 Å². The molecular formula is C13H16N2O3. The highest BCUT2D eigenvalue weighted by Gasteiger charge is 2.47. The Morgan fingerprint density at radius 2 is 2.11 bits per heavy atom. The lowest BCUT2D eigenvalue weighted by Gasteiger charge is -2.29. The first-order chi connectivity index (χ1) is 8.76. The SMILES string of the molecule is O=C(c1cnc(C2CC2)o1)N1CCC2(CC1)CO2. The number of hydrogen-bond donors (Lipinski definition) is 0. The van der Waals surface area contributed by atoms with Crippen molar-refractivity contribution in [3.8, 4) is 0 Å². The lowest BCUT2D eigenvalue weighted by molar-refractivity contribution is 0.0630. The summed E-state index contributed by atoms with van der Waals surface area (Å²) < 4.78 is 11.0. The second kappa shape index (κ2) is 3.57. The van der Waals surface area contributed by atoms with Crippen LogP contribution in [0.3, 0.4) is 0 Å². The van der Waals surface area contributed by atoms with Crippen molar-refractivity contribution >= 4 is 5.91 Å². The Bertz CT molecular complexity index is 478. The Morgan fingerprint density at radius 3 is 2.72 bits per heavy atom. The van der Waals surface area contributed by atoms with Crippen molar-refractivity contribution in [1.29, 1.82) is 0 Å². The van der Waals surface area contributed by atoms with Gasteiger partial charge in [-0.15, -0.1) is 0 Å². The number of likely N-dealkylation sites (tertiary alicyclic amines) is 1. The van der Waals surface area contributed by atoms with E-state index >= 15 is 0 Å². The van der Waals surface area contributed by atoms with E-state index in [-0.39, 0.29) is 11.5 Å². The van der Waals surface area contributed by atoms with Crippen molar-refractivity contribution in [2.24, 2.45) is 0 Å². The van der Waals surface area contributed by atoms with Gasteiger partial charge in [-0.05, 0) is 25.7 Å². The summed E-state index contributed by atoms with van der Waals surface area (Å²) in [6.45, 7) is 2.39. The zero-order valence-corrected chi connectivity index (χ0v) is 10.2. The minimum atomic E-state index is -0.0232. The number of nitrogens with zero attached hydrogens (tertiary/aromatic N) is 2. The molecule has 1 aliphatic carbocycles. The van der Waals surface area contributed by atoms with E-state index in [4.69, 9.17) is 9.15 Å². The minimum absolute atomic E-state index is 0.0232. The predicted octanol–water partition coefficient (Wildman–Crippen LogP) is 1.56. The van der Waals surface area contributed by atoms with Crippen LogP contribution in [-0.4, -0.2) is 41.1 Å². The molecule has 0 bridgehead atoms. The number of carbonyl (C=O) groups excluding carboxylic acids is 1. The number of aromatic nitrogens is 1. The maximum atomic E-state index is 12.2. The molecule has 1 aromatic heterocycles. The molecular weight excluding hydrogens is 232 g/mol. The van der Waals surface area contributed by atoms with Crippen molar-refractivity contribution in [2.75, 3.05) is 19.7 Å². The maximum Gasteiger partial charge on any atom is 0.291 e. The van der Waals surface area contributed by atoms with E-state index in [0.29, 0.717) is 11.7 Å². The second-order valence-corrected chi connectivity index (χ2v) is 5.60. The molecule has 5 heteroatoms. The Kier molecular flexibility index (Phi) is 2.09. The number of hydrogen-bond acceptors (Lipinski definition) is 4. The molecule has 0 aromatic carbocycles. The van der Waals surface area contributed by atoms with Crippen LogP contribution in [0.25, 0.3) is 0 Å². The topological polar surface area (TPSA) is 58.9 Å². The zero-order chi connectivity index (χ0) is 12.2. The van der Waals surface area contributed by atoms with Crippen LogP contribution in [0.4, 0.5) is 0 Å². The quantitative estimate of drug-likeness (QED) is 0.745. The van der Waals surface area contributed by atoms with Gasteiger partial charge in [-0.1, -0.05) is 0 Å². The summed E-state index contributed by atoms with van der Waals surface area (Å²) in [5.74, 6) is 1.56. The Balaban J connectivity index is 1.45. The highest BCUT2D eigenvalue weighted by molar-refractivity contribution is 5.91. The Morgan fingerprint density at radius 1 is 1.39 bits per heavy atom. The highest BCUT2D eigenvalue weighted by atomic mass is 16.6. The van der Waals surface area contributed by atoms with Crippen LogP contribution in [0.1, 0.15) is 48.0 Å². The first-order valence-corrected chi connectivity index (χ1v) is 6.65. The molecule has 1 saturated carbocycles. The van der Waals surface area contributed by atoms with Gasteiger partial charge in [0.05, 0.1) is 18.4 Å². The van der Waals surface area contributed by atoms with Gasteiger partial charge in [0.2, 0.25) is 5.76 Å². The van der Waals surface area contributed by atoms with E-state index < -0.39 is 0 Å². The molecule has 3 aliphatic rings. The van der Waals surface area contributed by atoms with Crippen molar-refractivity contribution in [2.45, 2.75) is 37.2 Å². The van der Waals surface area contributed by atoms with Gasteiger partial charge in [0.1, 0.15) is 0 Å². The number of ether oxygens (including phenoxy) is 1. The molecule has 0 atom stereocenters. The van der Waals surface area contributed by atoms with Gasteiger partial charge in [0, 0.05) is 19.0 Å². The van der Waals surface area contributed by atoms with Gasteiger partial charge in [0.15, 0.2) is 5.89 Å². The van der Waals surface area contributed by atoms with Crippen LogP contribution in [0.5, 0.6) is 0 Å². The lowest BCUT2D eigenvalue weighted by Crippen LogP contribution is -2.41. The highest BCUT2D eigenvalue weighted by Crippen LogP contribution is 2.40. The molecule has 4 rings (SSSR count). The molecule has 1 aromatic rings. The lowest BCUT2D eigenvalue weighted by atomic mass is 9.98. The monoisotopic (exact) mass is 248 g/mol. The molecule has 96 valence electrons.